The Bertz CT molecular complexity index is 852. The van der Waals surface area contributed by atoms with Crippen molar-refractivity contribution in [2.45, 2.75) is 18.3 Å². The van der Waals surface area contributed by atoms with Crippen LogP contribution in [0.1, 0.15) is 17.0 Å². The Balaban J connectivity index is 2.07. The van der Waals surface area contributed by atoms with Gasteiger partial charge in [0.25, 0.3) is 0 Å². The molecular weight excluding hydrogens is 377 g/mol. The van der Waals surface area contributed by atoms with Crippen molar-refractivity contribution in [1.82, 2.24) is 9.97 Å². The summed E-state index contributed by atoms with van der Waals surface area (Å²) >= 11 is 6.58. The maximum Gasteiger partial charge on any atom is 0.433 e. The lowest BCUT2D eigenvalue weighted by molar-refractivity contribution is -0.141. The number of carbonyl (C=O) groups is 1. The fraction of sp³-hybridized carbons (Fsp3) is 0.200. The maximum atomic E-state index is 12.7. The second kappa shape index (κ2) is 7.72. The molecule has 130 valence electrons. The van der Waals surface area contributed by atoms with Gasteiger partial charge in [-0.05, 0) is 31.2 Å². The molecule has 0 saturated heterocycles. The van der Waals surface area contributed by atoms with Crippen molar-refractivity contribution in [2.24, 2.45) is 0 Å². The zero-order valence-corrected chi connectivity index (χ0v) is 14.3. The number of amides is 1. The van der Waals surface area contributed by atoms with Gasteiger partial charge in [0.1, 0.15) is 11.8 Å². The molecule has 0 bridgehead atoms. The number of alkyl halides is 3. The second-order valence-electron chi connectivity index (χ2n) is 4.81. The van der Waals surface area contributed by atoms with Crippen molar-refractivity contribution < 1.29 is 18.0 Å². The molecule has 0 fully saturated rings. The van der Waals surface area contributed by atoms with Crippen molar-refractivity contribution in [2.75, 3.05) is 11.1 Å². The van der Waals surface area contributed by atoms with Gasteiger partial charge in [-0.15, -0.1) is 0 Å². The van der Waals surface area contributed by atoms with Crippen LogP contribution in [0.3, 0.4) is 0 Å². The molecule has 2 rings (SSSR count). The number of anilines is 1. The van der Waals surface area contributed by atoms with Crippen LogP contribution in [0, 0.1) is 18.3 Å². The Morgan fingerprint density at radius 3 is 2.72 bits per heavy atom. The van der Waals surface area contributed by atoms with E-state index in [1.807, 2.05) is 6.07 Å². The second-order valence-corrected chi connectivity index (χ2v) is 6.19. The molecule has 0 spiro atoms. The third kappa shape index (κ3) is 5.34. The SMILES string of the molecule is Cc1cc(C(F)(F)F)nc(SCC(=O)Nc2cc(Cl)ccc2C#N)n1. The number of benzene rings is 1. The summed E-state index contributed by atoms with van der Waals surface area (Å²) in [6.45, 7) is 1.41. The molecule has 0 saturated carbocycles. The third-order valence-electron chi connectivity index (χ3n) is 2.83. The summed E-state index contributed by atoms with van der Waals surface area (Å²) in [4.78, 5) is 19.2. The Kier molecular flexibility index (Phi) is 5.87. The molecule has 1 aromatic carbocycles. The average Bonchev–Trinajstić information content (AvgIpc) is 2.52. The number of aryl methyl sites for hydroxylation is 1. The van der Waals surface area contributed by atoms with Crippen LogP contribution in [-0.2, 0) is 11.0 Å². The Morgan fingerprint density at radius 1 is 1.36 bits per heavy atom. The summed E-state index contributed by atoms with van der Waals surface area (Å²) in [5.74, 6) is -0.750. The fourth-order valence-electron chi connectivity index (χ4n) is 1.78. The fourth-order valence-corrected chi connectivity index (χ4v) is 2.66. The Morgan fingerprint density at radius 2 is 2.08 bits per heavy atom. The molecule has 0 atom stereocenters. The van der Waals surface area contributed by atoms with Gasteiger partial charge in [0.2, 0.25) is 5.91 Å². The zero-order chi connectivity index (χ0) is 18.6. The molecule has 0 aliphatic carbocycles. The summed E-state index contributed by atoms with van der Waals surface area (Å²) in [6.07, 6.45) is -4.59. The number of nitriles is 1. The van der Waals surface area contributed by atoms with Crippen LogP contribution in [0.4, 0.5) is 18.9 Å². The van der Waals surface area contributed by atoms with Gasteiger partial charge in [-0.1, -0.05) is 23.4 Å². The van der Waals surface area contributed by atoms with Crippen LogP contribution in [0.5, 0.6) is 0 Å². The summed E-state index contributed by atoms with van der Waals surface area (Å²) in [5.41, 5.74) is -0.480. The number of hydrogen-bond acceptors (Lipinski definition) is 5. The van der Waals surface area contributed by atoms with Gasteiger partial charge in [-0.25, -0.2) is 9.97 Å². The Hall–Kier alpha value is -2.31. The normalized spacial score (nSPS) is 11.0. The predicted molar refractivity (Wildman–Crippen MR) is 87.3 cm³/mol. The van der Waals surface area contributed by atoms with Gasteiger partial charge >= 0.3 is 6.18 Å². The van der Waals surface area contributed by atoms with Gasteiger partial charge in [0.05, 0.1) is 17.0 Å². The molecule has 1 heterocycles. The highest BCUT2D eigenvalue weighted by molar-refractivity contribution is 7.99. The van der Waals surface area contributed by atoms with Crippen LogP contribution < -0.4 is 5.32 Å². The number of thioether (sulfide) groups is 1. The molecule has 0 aliphatic heterocycles. The summed E-state index contributed by atoms with van der Waals surface area (Å²) in [7, 11) is 0. The van der Waals surface area contributed by atoms with E-state index in [0.717, 1.165) is 17.8 Å². The number of nitrogens with zero attached hydrogens (tertiary/aromatic N) is 3. The van der Waals surface area contributed by atoms with Gasteiger partial charge in [0.15, 0.2) is 5.16 Å². The van der Waals surface area contributed by atoms with E-state index >= 15 is 0 Å². The molecule has 25 heavy (non-hydrogen) atoms. The van der Waals surface area contributed by atoms with E-state index in [9.17, 15) is 18.0 Å². The third-order valence-corrected chi connectivity index (χ3v) is 3.92. The van der Waals surface area contributed by atoms with E-state index in [1.54, 1.807) is 0 Å². The lowest BCUT2D eigenvalue weighted by Gasteiger charge is -2.09. The van der Waals surface area contributed by atoms with Crippen LogP contribution in [0.25, 0.3) is 0 Å². The van der Waals surface area contributed by atoms with Crippen LogP contribution in [-0.4, -0.2) is 21.6 Å². The smallest absolute Gasteiger partial charge is 0.324 e. The van der Waals surface area contributed by atoms with Crippen molar-refractivity contribution in [3.8, 4) is 6.07 Å². The number of rotatable bonds is 4. The first kappa shape index (κ1) is 19.0. The number of carbonyl (C=O) groups excluding carboxylic acids is 1. The highest BCUT2D eigenvalue weighted by atomic mass is 35.5. The van der Waals surface area contributed by atoms with E-state index in [0.29, 0.717) is 5.02 Å². The minimum atomic E-state index is -4.59. The maximum absolute atomic E-state index is 12.7. The van der Waals surface area contributed by atoms with Gasteiger partial charge in [-0.3, -0.25) is 4.79 Å². The van der Waals surface area contributed by atoms with Gasteiger partial charge in [-0.2, -0.15) is 18.4 Å². The van der Waals surface area contributed by atoms with E-state index in [-0.39, 0.29) is 27.9 Å². The van der Waals surface area contributed by atoms with Gasteiger partial charge < -0.3 is 5.32 Å². The number of aromatic nitrogens is 2. The monoisotopic (exact) mass is 386 g/mol. The highest BCUT2D eigenvalue weighted by Gasteiger charge is 2.33. The molecule has 5 nitrogen and oxygen atoms in total. The van der Waals surface area contributed by atoms with Crippen molar-refractivity contribution >= 4 is 35.0 Å². The molecule has 0 unspecified atom stereocenters. The number of halogens is 4. The van der Waals surface area contributed by atoms with Crippen LogP contribution >= 0.6 is 23.4 Å². The summed E-state index contributed by atoms with van der Waals surface area (Å²) in [6, 6.07) is 7.10. The van der Waals surface area contributed by atoms with Crippen LogP contribution in [0.15, 0.2) is 29.4 Å². The van der Waals surface area contributed by atoms with E-state index in [1.165, 1.54) is 25.1 Å². The number of hydrogen-bond donors (Lipinski definition) is 1. The standard InChI is InChI=1S/C15H10ClF3N4OS/c1-8-4-12(15(17,18)19)23-14(21-8)25-7-13(24)22-11-5-10(16)3-2-9(11)6-20/h2-5H,7H2,1H3,(H,22,24). The molecule has 0 aliphatic rings. The topological polar surface area (TPSA) is 78.7 Å². The van der Waals surface area contributed by atoms with Gasteiger partial charge in [0, 0.05) is 10.7 Å². The van der Waals surface area contributed by atoms with Crippen molar-refractivity contribution in [3.63, 3.8) is 0 Å². The predicted octanol–water partition coefficient (Wildman–Crippen LogP) is 4.06. The molecule has 0 radical (unpaired) electrons. The van der Waals surface area contributed by atoms with Crippen molar-refractivity contribution in [3.05, 3.63) is 46.2 Å². The minimum Gasteiger partial charge on any atom is -0.324 e. The summed E-state index contributed by atoms with van der Waals surface area (Å²) < 4.78 is 38.2. The zero-order valence-electron chi connectivity index (χ0n) is 12.7. The first-order valence-electron chi connectivity index (χ1n) is 6.74. The number of nitrogens with one attached hydrogen (secondary N) is 1. The molecule has 1 aromatic heterocycles. The minimum absolute atomic E-state index is 0.145. The quantitative estimate of drug-likeness (QED) is 0.633. The van der Waals surface area contributed by atoms with E-state index in [4.69, 9.17) is 16.9 Å². The molecule has 1 N–H and O–H groups in total. The first-order chi connectivity index (χ1) is 11.7. The highest BCUT2D eigenvalue weighted by Crippen LogP contribution is 2.29. The first-order valence-corrected chi connectivity index (χ1v) is 8.10. The largest absolute Gasteiger partial charge is 0.433 e. The molecule has 1 amide bonds. The lowest BCUT2D eigenvalue weighted by Crippen LogP contribution is -2.16. The van der Waals surface area contributed by atoms with E-state index in [2.05, 4.69) is 15.3 Å². The Labute approximate surface area is 150 Å². The molecule has 10 heteroatoms. The van der Waals surface area contributed by atoms with E-state index < -0.39 is 17.8 Å². The van der Waals surface area contributed by atoms with Crippen LogP contribution in [0.2, 0.25) is 5.02 Å². The summed E-state index contributed by atoms with van der Waals surface area (Å²) in [5, 5.41) is 11.7. The molecule has 2 aromatic rings. The van der Waals surface area contributed by atoms with Crippen molar-refractivity contribution in [1.29, 1.82) is 5.26 Å². The average molecular weight is 387 g/mol. The molecular formula is C15H10ClF3N4OS. The lowest BCUT2D eigenvalue weighted by atomic mass is 10.2.